The maximum Gasteiger partial charge on any atom is 0.0223 e. The molecule has 0 aromatic heterocycles. The lowest BCUT2D eigenvalue weighted by Crippen LogP contribution is -2.29. The lowest BCUT2D eigenvalue weighted by molar-refractivity contribution is 0.567. The maximum absolute atomic E-state index is 5.60. The summed E-state index contributed by atoms with van der Waals surface area (Å²) >= 11 is 5.49. The number of halogens is 1. The van der Waals surface area contributed by atoms with Crippen molar-refractivity contribution < 1.29 is 0 Å². The van der Waals surface area contributed by atoms with E-state index in [0.29, 0.717) is 6.54 Å². The Bertz CT molecular complexity index is 68.6. The van der Waals surface area contributed by atoms with E-state index in [9.17, 15) is 0 Å². The van der Waals surface area contributed by atoms with Gasteiger partial charge in [-0.2, -0.15) is 0 Å². The number of alkyl halides is 1. The molecule has 3 heteroatoms. The molecule has 0 fully saturated rings. The van der Waals surface area contributed by atoms with Crippen LogP contribution >= 0.6 is 11.6 Å². The van der Waals surface area contributed by atoms with E-state index in [2.05, 4.69) is 0 Å². The molecule has 0 rings (SSSR count). The minimum absolute atomic E-state index is 0.190. The molecule has 0 aromatic rings. The van der Waals surface area contributed by atoms with Crippen LogP contribution in [0, 0.1) is 0 Å². The van der Waals surface area contributed by atoms with E-state index >= 15 is 0 Å². The molecule has 0 radical (unpaired) electrons. The highest BCUT2D eigenvalue weighted by molar-refractivity contribution is 6.17. The molecular weight excluding hydrogens is 148 g/mol. The highest BCUT2D eigenvalue weighted by atomic mass is 35.5. The number of unbranched alkanes of at least 4 members (excludes halogenated alkanes) is 2. The van der Waals surface area contributed by atoms with Gasteiger partial charge in [-0.1, -0.05) is 12.8 Å². The summed E-state index contributed by atoms with van der Waals surface area (Å²) in [5, 5.41) is 0. The van der Waals surface area contributed by atoms with Gasteiger partial charge in [0, 0.05) is 18.5 Å². The van der Waals surface area contributed by atoms with E-state index in [1.807, 2.05) is 0 Å². The van der Waals surface area contributed by atoms with Gasteiger partial charge in [0.2, 0.25) is 0 Å². The van der Waals surface area contributed by atoms with Crippen LogP contribution in [0.1, 0.15) is 25.7 Å². The number of hydrogen-bond donors (Lipinski definition) is 2. The number of nitrogens with two attached hydrogens (primary N) is 2. The second kappa shape index (κ2) is 7.32. The molecule has 0 bridgehead atoms. The first-order valence-corrected chi connectivity index (χ1v) is 4.36. The third-order valence-corrected chi connectivity index (χ3v) is 1.78. The average Bonchev–Trinajstić information content (AvgIpc) is 1.98. The molecule has 0 aliphatic rings. The van der Waals surface area contributed by atoms with Crippen molar-refractivity contribution in [3.8, 4) is 0 Å². The van der Waals surface area contributed by atoms with Crippen molar-refractivity contribution in [2.24, 2.45) is 11.5 Å². The van der Waals surface area contributed by atoms with Crippen LogP contribution in [0.2, 0.25) is 0 Å². The fourth-order valence-electron chi connectivity index (χ4n) is 0.796. The van der Waals surface area contributed by atoms with E-state index < -0.39 is 0 Å². The Morgan fingerprint density at radius 2 is 1.90 bits per heavy atom. The zero-order valence-corrected chi connectivity index (χ0v) is 7.11. The van der Waals surface area contributed by atoms with Crippen molar-refractivity contribution in [3.63, 3.8) is 0 Å². The second-order valence-electron chi connectivity index (χ2n) is 2.53. The summed E-state index contributed by atoms with van der Waals surface area (Å²) in [5.74, 6) is 0.762. The summed E-state index contributed by atoms with van der Waals surface area (Å²) in [6.07, 6.45) is 4.47. The van der Waals surface area contributed by atoms with Gasteiger partial charge in [0.15, 0.2) is 0 Å². The van der Waals surface area contributed by atoms with Crippen molar-refractivity contribution in [2.75, 3.05) is 12.4 Å². The predicted molar refractivity (Wildman–Crippen MR) is 46.2 cm³/mol. The molecule has 0 aliphatic heterocycles. The Hall–Kier alpha value is 0.210. The van der Waals surface area contributed by atoms with Crippen molar-refractivity contribution in [1.29, 1.82) is 0 Å². The van der Waals surface area contributed by atoms with Crippen LogP contribution in [0.4, 0.5) is 0 Å². The smallest absolute Gasteiger partial charge is 0.0223 e. The normalized spacial score (nSPS) is 13.5. The van der Waals surface area contributed by atoms with Gasteiger partial charge in [-0.25, -0.2) is 0 Å². The molecule has 0 saturated carbocycles. The molecule has 0 aromatic carbocycles. The Morgan fingerprint density at radius 3 is 2.40 bits per heavy atom. The zero-order chi connectivity index (χ0) is 7.82. The van der Waals surface area contributed by atoms with Gasteiger partial charge >= 0.3 is 0 Å². The molecule has 1 atom stereocenters. The van der Waals surface area contributed by atoms with Crippen LogP contribution in [-0.4, -0.2) is 18.5 Å². The van der Waals surface area contributed by atoms with Crippen LogP contribution in [0.3, 0.4) is 0 Å². The number of rotatable bonds is 6. The Morgan fingerprint density at radius 1 is 1.20 bits per heavy atom. The standard InChI is InChI=1S/C7H17ClN2/c8-5-3-1-2-4-7(10)6-9/h7H,1-6,9-10H2. The second-order valence-corrected chi connectivity index (χ2v) is 2.91. The molecular formula is C7H17ClN2. The van der Waals surface area contributed by atoms with E-state index in [-0.39, 0.29) is 6.04 Å². The van der Waals surface area contributed by atoms with Gasteiger partial charge in [0.25, 0.3) is 0 Å². The quantitative estimate of drug-likeness (QED) is 0.456. The van der Waals surface area contributed by atoms with E-state index in [1.165, 1.54) is 6.42 Å². The molecule has 4 N–H and O–H groups in total. The van der Waals surface area contributed by atoms with Crippen LogP contribution < -0.4 is 11.5 Å². The fraction of sp³-hybridized carbons (Fsp3) is 1.00. The maximum atomic E-state index is 5.60. The van der Waals surface area contributed by atoms with E-state index in [4.69, 9.17) is 23.1 Å². The van der Waals surface area contributed by atoms with E-state index in [1.54, 1.807) is 0 Å². The zero-order valence-electron chi connectivity index (χ0n) is 6.35. The molecule has 0 saturated heterocycles. The molecule has 2 nitrogen and oxygen atoms in total. The summed E-state index contributed by atoms with van der Waals surface area (Å²) in [6, 6.07) is 0.190. The van der Waals surface area contributed by atoms with Crippen LogP contribution in [0.25, 0.3) is 0 Å². The summed E-state index contributed by atoms with van der Waals surface area (Å²) < 4.78 is 0. The Balaban J connectivity index is 2.89. The van der Waals surface area contributed by atoms with Gasteiger partial charge in [0.05, 0.1) is 0 Å². The summed E-state index contributed by atoms with van der Waals surface area (Å²) in [5.41, 5.74) is 10.9. The number of hydrogen-bond acceptors (Lipinski definition) is 2. The highest BCUT2D eigenvalue weighted by Gasteiger charge is 1.97. The van der Waals surface area contributed by atoms with Crippen molar-refractivity contribution in [3.05, 3.63) is 0 Å². The van der Waals surface area contributed by atoms with Crippen molar-refractivity contribution in [1.82, 2.24) is 0 Å². The fourth-order valence-corrected chi connectivity index (χ4v) is 0.985. The van der Waals surface area contributed by atoms with Gasteiger partial charge in [0.1, 0.15) is 0 Å². The van der Waals surface area contributed by atoms with Gasteiger partial charge in [-0.3, -0.25) is 0 Å². The van der Waals surface area contributed by atoms with Crippen molar-refractivity contribution >= 4 is 11.6 Å². The molecule has 0 amide bonds. The minimum atomic E-state index is 0.190. The first kappa shape index (κ1) is 10.2. The van der Waals surface area contributed by atoms with Gasteiger partial charge in [-0.15, -0.1) is 11.6 Å². The molecule has 1 unspecified atom stereocenters. The lowest BCUT2D eigenvalue weighted by Gasteiger charge is -2.06. The summed E-state index contributed by atoms with van der Waals surface area (Å²) in [4.78, 5) is 0. The minimum Gasteiger partial charge on any atom is -0.329 e. The largest absolute Gasteiger partial charge is 0.329 e. The molecule has 62 valence electrons. The van der Waals surface area contributed by atoms with Gasteiger partial charge in [-0.05, 0) is 12.8 Å². The Labute approximate surface area is 67.9 Å². The van der Waals surface area contributed by atoms with Crippen molar-refractivity contribution in [2.45, 2.75) is 31.7 Å². The molecule has 0 heterocycles. The SMILES string of the molecule is NCC(N)CCCCCCl. The third kappa shape index (κ3) is 6.33. The monoisotopic (exact) mass is 164 g/mol. The predicted octanol–water partition coefficient (Wildman–Crippen LogP) is 1.07. The average molecular weight is 165 g/mol. The van der Waals surface area contributed by atoms with Gasteiger partial charge < -0.3 is 11.5 Å². The molecule has 0 spiro atoms. The van der Waals surface area contributed by atoms with Crippen LogP contribution in [0.5, 0.6) is 0 Å². The molecule has 0 aliphatic carbocycles. The first-order valence-electron chi connectivity index (χ1n) is 3.83. The third-order valence-electron chi connectivity index (χ3n) is 1.51. The lowest BCUT2D eigenvalue weighted by atomic mass is 10.1. The van der Waals surface area contributed by atoms with E-state index in [0.717, 1.165) is 25.1 Å². The topological polar surface area (TPSA) is 52.0 Å². The van der Waals surface area contributed by atoms with Crippen LogP contribution in [-0.2, 0) is 0 Å². The Kier molecular flexibility index (Phi) is 7.47. The first-order chi connectivity index (χ1) is 4.81. The summed E-state index contributed by atoms with van der Waals surface area (Å²) in [7, 11) is 0. The van der Waals surface area contributed by atoms with Crippen LogP contribution in [0.15, 0.2) is 0 Å². The molecule has 10 heavy (non-hydrogen) atoms. The summed E-state index contributed by atoms with van der Waals surface area (Å²) in [6.45, 7) is 0.598. The highest BCUT2D eigenvalue weighted by Crippen LogP contribution is 2.02.